The second-order valence-corrected chi connectivity index (χ2v) is 7.52. The number of amides is 1. The van der Waals surface area contributed by atoms with Crippen LogP contribution in [0.15, 0.2) is 41.6 Å². The quantitative estimate of drug-likeness (QED) is 0.863. The molecule has 2 fully saturated rings. The average molecular weight is 373 g/mol. The summed E-state index contributed by atoms with van der Waals surface area (Å²) in [4.78, 5) is 32.7. The Balaban J connectivity index is 1.40. The molecule has 0 aliphatic carbocycles. The van der Waals surface area contributed by atoms with Crippen molar-refractivity contribution in [1.29, 1.82) is 0 Å². The van der Waals surface area contributed by atoms with Crippen molar-refractivity contribution in [1.82, 2.24) is 20.2 Å². The van der Waals surface area contributed by atoms with E-state index in [9.17, 15) is 9.59 Å². The summed E-state index contributed by atoms with van der Waals surface area (Å²) in [5.41, 5.74) is 1.39. The molecule has 1 amide bonds. The number of hydrogen-bond acceptors (Lipinski definition) is 4. The van der Waals surface area contributed by atoms with Crippen LogP contribution in [-0.4, -0.2) is 38.9 Å². The Labute approximate surface area is 156 Å². The molecule has 26 heavy (non-hydrogen) atoms. The molecule has 4 heterocycles. The zero-order valence-corrected chi connectivity index (χ0v) is 15.1. The fraction of sp³-hybridized carbons (Fsp3) is 0.421. The molecule has 0 aromatic carbocycles. The maximum absolute atomic E-state index is 12.4. The molecule has 7 heteroatoms. The summed E-state index contributed by atoms with van der Waals surface area (Å²) in [5.74, 6) is -0.128. The molecule has 0 spiro atoms. The second-order valence-electron chi connectivity index (χ2n) is 7.11. The highest BCUT2D eigenvalue weighted by Gasteiger charge is 2.41. The molecule has 0 radical (unpaired) electrons. The first-order chi connectivity index (χ1) is 12.6. The van der Waals surface area contributed by atoms with Gasteiger partial charge in [0.1, 0.15) is 0 Å². The summed E-state index contributed by atoms with van der Waals surface area (Å²) in [6.45, 7) is 0.831. The van der Waals surface area contributed by atoms with Gasteiger partial charge in [-0.25, -0.2) is 0 Å². The first-order valence-electron chi connectivity index (χ1n) is 8.94. The van der Waals surface area contributed by atoms with Gasteiger partial charge in [0.2, 0.25) is 5.56 Å². The van der Waals surface area contributed by atoms with E-state index in [0.717, 1.165) is 37.8 Å². The van der Waals surface area contributed by atoms with Crippen LogP contribution in [0.3, 0.4) is 0 Å². The van der Waals surface area contributed by atoms with Gasteiger partial charge in [0.15, 0.2) is 0 Å². The Hall–Kier alpha value is -2.18. The van der Waals surface area contributed by atoms with Gasteiger partial charge in [-0.2, -0.15) is 0 Å². The van der Waals surface area contributed by atoms with Crippen molar-refractivity contribution >= 4 is 17.5 Å². The molecule has 6 nitrogen and oxygen atoms in total. The van der Waals surface area contributed by atoms with Crippen molar-refractivity contribution in [2.45, 2.75) is 50.4 Å². The molecular weight excluding hydrogens is 352 g/mol. The van der Waals surface area contributed by atoms with Crippen molar-refractivity contribution in [3.63, 3.8) is 0 Å². The Morgan fingerprint density at radius 1 is 1.27 bits per heavy atom. The van der Waals surface area contributed by atoms with Crippen LogP contribution in [0, 0.1) is 0 Å². The zero-order valence-electron chi connectivity index (χ0n) is 14.3. The maximum atomic E-state index is 12.4. The smallest absolute Gasteiger partial charge is 0.252 e. The lowest BCUT2D eigenvalue weighted by Gasteiger charge is -2.39. The lowest BCUT2D eigenvalue weighted by molar-refractivity contribution is 0.0827. The van der Waals surface area contributed by atoms with Crippen LogP contribution in [0.4, 0.5) is 0 Å². The number of halogens is 1. The number of aromatic nitrogens is 2. The van der Waals surface area contributed by atoms with E-state index < -0.39 is 0 Å². The monoisotopic (exact) mass is 372 g/mol. The molecule has 2 aromatic rings. The number of pyridine rings is 2. The molecule has 2 aliphatic rings. The number of carbonyl (C=O) groups excluding carboxylic acids is 1. The number of aromatic amines is 1. The average Bonchev–Trinajstić information content (AvgIpc) is 2.86. The summed E-state index contributed by atoms with van der Waals surface area (Å²) < 4.78 is 0. The van der Waals surface area contributed by atoms with Crippen molar-refractivity contribution in [3.05, 3.63) is 63.3 Å². The number of carbonyl (C=O) groups is 1. The SMILES string of the molecule is O=C(NC1CC2CCC(C1)N2Cc1ccncc1Cl)c1ccc(=O)[nH]c1. The molecule has 2 aromatic heterocycles. The highest BCUT2D eigenvalue weighted by atomic mass is 35.5. The molecule has 0 saturated carbocycles. The topological polar surface area (TPSA) is 78.1 Å². The van der Waals surface area contributed by atoms with Gasteiger partial charge >= 0.3 is 0 Å². The van der Waals surface area contributed by atoms with E-state index in [1.165, 1.54) is 12.3 Å². The first-order valence-corrected chi connectivity index (χ1v) is 9.31. The third kappa shape index (κ3) is 3.52. The predicted molar refractivity (Wildman–Crippen MR) is 99.2 cm³/mol. The van der Waals surface area contributed by atoms with E-state index in [1.807, 2.05) is 6.07 Å². The minimum Gasteiger partial charge on any atom is -0.349 e. The van der Waals surface area contributed by atoms with Crippen molar-refractivity contribution < 1.29 is 4.79 Å². The van der Waals surface area contributed by atoms with Gasteiger partial charge in [-0.05, 0) is 43.4 Å². The first kappa shape index (κ1) is 17.2. The standard InChI is InChI=1S/C19H21ClN4O2/c20-17-10-21-6-5-13(17)11-24-15-2-3-16(24)8-14(7-15)23-19(26)12-1-4-18(25)22-9-12/h1,4-6,9-10,14-16H,2-3,7-8,11H2,(H,22,25)(H,23,26). The molecule has 136 valence electrons. The molecule has 2 N–H and O–H groups in total. The van der Waals surface area contributed by atoms with E-state index in [0.29, 0.717) is 22.7 Å². The number of fused-ring (bicyclic) bond motifs is 2. The molecule has 4 rings (SSSR count). The van der Waals surface area contributed by atoms with Crippen LogP contribution >= 0.6 is 11.6 Å². The number of piperidine rings is 1. The molecule has 2 unspecified atom stereocenters. The lowest BCUT2D eigenvalue weighted by atomic mass is 9.96. The summed E-state index contributed by atoms with van der Waals surface area (Å²) in [7, 11) is 0. The summed E-state index contributed by atoms with van der Waals surface area (Å²) >= 11 is 6.26. The summed E-state index contributed by atoms with van der Waals surface area (Å²) in [6, 6.07) is 5.99. The van der Waals surface area contributed by atoms with Crippen molar-refractivity contribution in [3.8, 4) is 0 Å². The Morgan fingerprint density at radius 2 is 2.04 bits per heavy atom. The van der Waals surface area contributed by atoms with E-state index in [-0.39, 0.29) is 17.5 Å². The predicted octanol–water partition coefficient (Wildman–Crippen LogP) is 2.35. The van der Waals surface area contributed by atoms with Gasteiger partial charge in [-0.3, -0.25) is 19.5 Å². The fourth-order valence-electron chi connectivity index (χ4n) is 4.20. The van der Waals surface area contributed by atoms with Gasteiger partial charge in [-0.15, -0.1) is 0 Å². The largest absolute Gasteiger partial charge is 0.349 e. The molecule has 2 aliphatic heterocycles. The van der Waals surface area contributed by atoms with E-state index in [1.54, 1.807) is 18.5 Å². The van der Waals surface area contributed by atoms with Crippen LogP contribution < -0.4 is 10.9 Å². The third-order valence-electron chi connectivity index (χ3n) is 5.48. The van der Waals surface area contributed by atoms with E-state index in [2.05, 4.69) is 20.2 Å². The Morgan fingerprint density at radius 3 is 2.69 bits per heavy atom. The van der Waals surface area contributed by atoms with E-state index >= 15 is 0 Å². The number of nitrogens with one attached hydrogen (secondary N) is 2. The maximum Gasteiger partial charge on any atom is 0.252 e. The van der Waals surface area contributed by atoms with Crippen LogP contribution in [0.5, 0.6) is 0 Å². The van der Waals surface area contributed by atoms with Crippen LogP contribution in [-0.2, 0) is 6.54 Å². The molecule has 2 bridgehead atoms. The highest BCUT2D eigenvalue weighted by molar-refractivity contribution is 6.31. The number of rotatable bonds is 4. The normalized spacial score (nSPS) is 25.2. The van der Waals surface area contributed by atoms with E-state index in [4.69, 9.17) is 11.6 Å². The van der Waals surface area contributed by atoms with Gasteiger partial charge in [-0.1, -0.05) is 11.6 Å². The van der Waals surface area contributed by atoms with Crippen LogP contribution in [0.2, 0.25) is 5.02 Å². The zero-order chi connectivity index (χ0) is 18.1. The highest BCUT2D eigenvalue weighted by Crippen LogP contribution is 2.37. The molecular formula is C19H21ClN4O2. The lowest BCUT2D eigenvalue weighted by Crippen LogP contribution is -2.50. The molecule has 2 atom stereocenters. The Kier molecular flexibility index (Phi) is 4.78. The van der Waals surface area contributed by atoms with Gasteiger partial charge < -0.3 is 10.3 Å². The number of H-pyrrole nitrogens is 1. The van der Waals surface area contributed by atoms with Crippen LogP contribution in [0.1, 0.15) is 41.6 Å². The summed E-state index contributed by atoms with van der Waals surface area (Å²) in [5, 5.41) is 3.84. The number of nitrogens with zero attached hydrogens (tertiary/aromatic N) is 2. The van der Waals surface area contributed by atoms with Gasteiger partial charge in [0.25, 0.3) is 5.91 Å². The van der Waals surface area contributed by atoms with Gasteiger partial charge in [0.05, 0.1) is 10.6 Å². The third-order valence-corrected chi connectivity index (χ3v) is 5.82. The van der Waals surface area contributed by atoms with Crippen LogP contribution in [0.25, 0.3) is 0 Å². The Bertz CT molecular complexity index is 834. The summed E-state index contributed by atoms with van der Waals surface area (Å²) in [6.07, 6.45) is 9.11. The van der Waals surface area contributed by atoms with Crippen molar-refractivity contribution in [2.24, 2.45) is 0 Å². The minimum absolute atomic E-state index is 0.128. The second kappa shape index (κ2) is 7.21. The molecule has 2 saturated heterocycles. The number of hydrogen-bond donors (Lipinski definition) is 2. The van der Waals surface area contributed by atoms with Gasteiger partial charge in [0, 0.05) is 49.3 Å². The fourth-order valence-corrected chi connectivity index (χ4v) is 4.38. The minimum atomic E-state index is -0.206. The van der Waals surface area contributed by atoms with Crippen molar-refractivity contribution in [2.75, 3.05) is 0 Å².